The first kappa shape index (κ1) is 22.3. The van der Waals surface area contributed by atoms with Crippen LogP contribution in [-0.2, 0) is 0 Å². The Morgan fingerprint density at radius 2 is 1.72 bits per heavy atom. The lowest BCUT2D eigenvalue weighted by atomic mass is 10.1. The van der Waals surface area contributed by atoms with Crippen LogP contribution >= 0.6 is 0 Å². The fourth-order valence-electron chi connectivity index (χ4n) is 4.73. The number of amides is 1. The number of aryl methyl sites for hydroxylation is 1. The fourth-order valence-corrected chi connectivity index (χ4v) is 4.73. The molecule has 1 aromatic carbocycles. The average molecular weight is 438 g/mol. The lowest BCUT2D eigenvalue weighted by Crippen LogP contribution is -2.27. The minimum absolute atomic E-state index is 0.121. The van der Waals surface area contributed by atoms with Crippen molar-refractivity contribution in [2.45, 2.75) is 64.3 Å². The molecule has 1 heterocycles. The number of rotatable bonds is 8. The maximum atomic E-state index is 12.1. The van der Waals surface area contributed by atoms with Crippen molar-refractivity contribution in [3.05, 3.63) is 29.3 Å². The summed E-state index contributed by atoms with van der Waals surface area (Å²) in [5, 5.41) is 9.53. The maximum Gasteiger partial charge on any atom is 0.251 e. The zero-order valence-electron chi connectivity index (χ0n) is 19.4. The van der Waals surface area contributed by atoms with E-state index in [9.17, 15) is 4.79 Å². The van der Waals surface area contributed by atoms with Crippen molar-refractivity contribution >= 4 is 29.4 Å². The van der Waals surface area contributed by atoms with Gasteiger partial charge < -0.3 is 20.9 Å². The van der Waals surface area contributed by atoms with Crippen LogP contribution in [0.15, 0.2) is 18.2 Å². The predicted octanol–water partition coefficient (Wildman–Crippen LogP) is 4.26. The molecule has 2 saturated carbocycles. The summed E-state index contributed by atoms with van der Waals surface area (Å²) in [6, 6.07) is 6.00. The minimum Gasteiger partial charge on any atom is -0.355 e. The van der Waals surface area contributed by atoms with E-state index >= 15 is 0 Å². The number of benzene rings is 1. The molecule has 2 aliphatic carbocycles. The molecule has 2 aliphatic rings. The first-order chi connectivity index (χ1) is 15.5. The lowest BCUT2D eigenvalue weighted by Gasteiger charge is -2.22. The molecular formula is C24H35N7O. The van der Waals surface area contributed by atoms with E-state index in [0.29, 0.717) is 35.4 Å². The number of hydrogen-bond acceptors (Lipinski definition) is 7. The van der Waals surface area contributed by atoms with Gasteiger partial charge in [0.25, 0.3) is 5.91 Å². The van der Waals surface area contributed by atoms with Gasteiger partial charge in [-0.2, -0.15) is 15.0 Å². The lowest BCUT2D eigenvalue weighted by molar-refractivity contribution is 0.0963. The molecule has 0 aliphatic heterocycles. The van der Waals surface area contributed by atoms with Crippen LogP contribution in [0, 0.1) is 12.8 Å². The Morgan fingerprint density at radius 1 is 1.03 bits per heavy atom. The monoisotopic (exact) mass is 437 g/mol. The molecule has 32 heavy (non-hydrogen) atoms. The summed E-state index contributed by atoms with van der Waals surface area (Å²) in [6.45, 7) is 2.96. The van der Waals surface area contributed by atoms with Crippen LogP contribution in [0.1, 0.15) is 67.3 Å². The Kier molecular flexibility index (Phi) is 7.07. The number of anilines is 4. The fraction of sp³-hybridized carbons (Fsp3) is 0.583. The van der Waals surface area contributed by atoms with Gasteiger partial charge in [-0.05, 0) is 56.2 Å². The molecule has 1 amide bonds. The van der Waals surface area contributed by atoms with Crippen LogP contribution in [0.2, 0.25) is 0 Å². The van der Waals surface area contributed by atoms with Crippen LogP contribution in [-0.4, -0.2) is 47.5 Å². The summed E-state index contributed by atoms with van der Waals surface area (Å²) < 4.78 is 0. The highest BCUT2D eigenvalue weighted by Crippen LogP contribution is 2.28. The van der Waals surface area contributed by atoms with Gasteiger partial charge >= 0.3 is 0 Å². The summed E-state index contributed by atoms with van der Waals surface area (Å²) in [6.07, 6.45) is 9.97. The van der Waals surface area contributed by atoms with Crippen molar-refractivity contribution in [1.29, 1.82) is 0 Å². The van der Waals surface area contributed by atoms with E-state index in [1.807, 2.05) is 25.1 Å². The third-order valence-electron chi connectivity index (χ3n) is 6.63. The summed E-state index contributed by atoms with van der Waals surface area (Å²) in [5.74, 6) is 2.36. The van der Waals surface area contributed by atoms with Gasteiger partial charge in [-0.25, -0.2) is 0 Å². The van der Waals surface area contributed by atoms with Gasteiger partial charge in [0.15, 0.2) is 0 Å². The first-order valence-electron chi connectivity index (χ1n) is 11.9. The minimum atomic E-state index is -0.121. The van der Waals surface area contributed by atoms with Gasteiger partial charge in [-0.3, -0.25) is 4.79 Å². The molecule has 2 fully saturated rings. The van der Waals surface area contributed by atoms with Crippen molar-refractivity contribution in [3.8, 4) is 0 Å². The molecule has 0 saturated heterocycles. The molecule has 3 N–H and O–H groups in total. The van der Waals surface area contributed by atoms with Crippen molar-refractivity contribution in [3.63, 3.8) is 0 Å². The predicted molar refractivity (Wildman–Crippen MR) is 129 cm³/mol. The SMILES string of the molecule is CNC(=O)c1ccc(C)c(Nc2nc(NC3CCCC3)nc(N(C)CC3CCCC3)n2)c1. The Morgan fingerprint density at radius 3 is 2.44 bits per heavy atom. The van der Waals surface area contributed by atoms with Crippen LogP contribution in [0.4, 0.5) is 23.5 Å². The number of hydrogen-bond donors (Lipinski definition) is 3. The number of nitrogens with zero attached hydrogens (tertiary/aromatic N) is 4. The Balaban J connectivity index is 1.60. The molecule has 0 bridgehead atoms. The molecule has 0 atom stereocenters. The van der Waals surface area contributed by atoms with E-state index in [1.54, 1.807) is 7.05 Å². The number of aromatic nitrogens is 3. The highest BCUT2D eigenvalue weighted by atomic mass is 16.1. The van der Waals surface area contributed by atoms with E-state index in [-0.39, 0.29) is 5.91 Å². The number of carbonyl (C=O) groups excluding carboxylic acids is 1. The Hall–Kier alpha value is -2.90. The summed E-state index contributed by atoms with van der Waals surface area (Å²) in [7, 11) is 3.70. The van der Waals surface area contributed by atoms with Crippen molar-refractivity contribution < 1.29 is 4.79 Å². The highest BCUT2D eigenvalue weighted by Gasteiger charge is 2.21. The first-order valence-corrected chi connectivity index (χ1v) is 11.9. The van der Waals surface area contributed by atoms with Crippen molar-refractivity contribution in [1.82, 2.24) is 20.3 Å². The van der Waals surface area contributed by atoms with E-state index in [1.165, 1.54) is 38.5 Å². The average Bonchev–Trinajstić information content (AvgIpc) is 3.49. The zero-order valence-corrected chi connectivity index (χ0v) is 19.4. The normalized spacial score (nSPS) is 16.8. The van der Waals surface area contributed by atoms with E-state index in [2.05, 4.69) is 32.9 Å². The second kappa shape index (κ2) is 10.1. The molecule has 8 nitrogen and oxygen atoms in total. The summed E-state index contributed by atoms with van der Waals surface area (Å²) >= 11 is 0. The smallest absolute Gasteiger partial charge is 0.251 e. The second-order valence-electron chi connectivity index (χ2n) is 9.17. The number of nitrogens with one attached hydrogen (secondary N) is 3. The maximum absolute atomic E-state index is 12.1. The molecule has 8 heteroatoms. The number of carbonyl (C=O) groups is 1. The van der Waals surface area contributed by atoms with Gasteiger partial charge in [-0.1, -0.05) is 31.7 Å². The van der Waals surface area contributed by atoms with Gasteiger partial charge in [0.2, 0.25) is 17.8 Å². The zero-order chi connectivity index (χ0) is 22.5. The third-order valence-corrected chi connectivity index (χ3v) is 6.63. The summed E-state index contributed by atoms with van der Waals surface area (Å²) in [4.78, 5) is 28.4. The summed E-state index contributed by atoms with van der Waals surface area (Å²) in [5.41, 5.74) is 2.43. The standard InChI is InChI=1S/C24H35N7O/c1-16-12-13-18(21(32)25-2)14-20(16)27-23-28-22(26-19-10-6-7-11-19)29-24(30-23)31(3)15-17-8-4-5-9-17/h12-14,17,19H,4-11,15H2,1-3H3,(H,25,32)(H2,26,27,28,29,30). The van der Waals surface area contributed by atoms with Gasteiger partial charge in [0, 0.05) is 37.9 Å². The van der Waals surface area contributed by atoms with Crippen molar-refractivity contribution in [2.75, 3.05) is 36.2 Å². The molecule has 0 spiro atoms. The molecule has 1 aromatic heterocycles. The molecular weight excluding hydrogens is 402 g/mol. The van der Waals surface area contributed by atoms with Crippen LogP contribution in [0.5, 0.6) is 0 Å². The quantitative estimate of drug-likeness (QED) is 0.568. The van der Waals surface area contributed by atoms with Gasteiger partial charge in [-0.15, -0.1) is 0 Å². The Bertz CT molecular complexity index is 936. The molecule has 2 aromatic rings. The topological polar surface area (TPSA) is 95.1 Å². The van der Waals surface area contributed by atoms with Crippen LogP contribution in [0.3, 0.4) is 0 Å². The Labute approximate surface area is 190 Å². The molecule has 0 radical (unpaired) electrons. The van der Waals surface area contributed by atoms with E-state index in [0.717, 1.165) is 30.6 Å². The largest absolute Gasteiger partial charge is 0.355 e. The van der Waals surface area contributed by atoms with Crippen LogP contribution in [0.25, 0.3) is 0 Å². The molecule has 172 valence electrons. The van der Waals surface area contributed by atoms with Crippen LogP contribution < -0.4 is 20.9 Å². The van der Waals surface area contributed by atoms with E-state index in [4.69, 9.17) is 9.97 Å². The van der Waals surface area contributed by atoms with Gasteiger partial charge in [0.05, 0.1) is 0 Å². The van der Waals surface area contributed by atoms with Gasteiger partial charge in [0.1, 0.15) is 0 Å². The third kappa shape index (κ3) is 5.47. The molecule has 4 rings (SSSR count). The van der Waals surface area contributed by atoms with E-state index < -0.39 is 0 Å². The second-order valence-corrected chi connectivity index (χ2v) is 9.17. The van der Waals surface area contributed by atoms with Crippen molar-refractivity contribution in [2.24, 2.45) is 5.92 Å². The highest BCUT2D eigenvalue weighted by molar-refractivity contribution is 5.95. The molecule has 0 unspecified atom stereocenters.